The minimum Gasteiger partial charge on any atom is -0.497 e. The average molecular weight is 368 g/mol. The van der Waals surface area contributed by atoms with Crippen molar-refractivity contribution in [1.82, 2.24) is 9.97 Å². The number of ether oxygens (including phenoxy) is 1. The summed E-state index contributed by atoms with van der Waals surface area (Å²) in [4.78, 5) is 25.3. The number of fused-ring (bicyclic) bond motifs is 1. The third-order valence-corrected chi connectivity index (χ3v) is 5.45. The number of amides is 1. The molecule has 0 bridgehead atoms. The number of methoxy groups -OCH3 is 1. The standard InChI is InChI=1S/C19H20N4O2S/c1-12-16-15(11-26-12)21-17(22-18(16)23-8-3-4-9-23)19(24)20-13-6-5-7-14(10-13)25-2/h5-7,10-11H,3-4,8-9H2,1-2H3,(H,20,24). The Hall–Kier alpha value is -2.67. The van der Waals surface area contributed by atoms with E-state index < -0.39 is 0 Å². The molecule has 4 rings (SSSR count). The number of thiophene rings is 1. The van der Waals surface area contributed by atoms with Gasteiger partial charge in [0, 0.05) is 35.1 Å². The number of benzene rings is 1. The number of aryl methyl sites for hydroxylation is 1. The topological polar surface area (TPSA) is 67.3 Å². The predicted molar refractivity (Wildman–Crippen MR) is 105 cm³/mol. The van der Waals surface area contributed by atoms with E-state index in [9.17, 15) is 4.79 Å². The third-order valence-electron chi connectivity index (χ3n) is 4.55. The molecule has 1 aromatic carbocycles. The maximum atomic E-state index is 12.7. The summed E-state index contributed by atoms with van der Waals surface area (Å²) >= 11 is 1.64. The van der Waals surface area contributed by atoms with Crippen molar-refractivity contribution >= 4 is 39.7 Å². The number of nitrogens with zero attached hydrogens (tertiary/aromatic N) is 3. The molecule has 0 spiro atoms. The summed E-state index contributed by atoms with van der Waals surface area (Å²) in [5, 5.41) is 5.92. The highest BCUT2D eigenvalue weighted by atomic mass is 32.1. The van der Waals surface area contributed by atoms with Gasteiger partial charge in [0.05, 0.1) is 18.0 Å². The molecule has 1 aliphatic heterocycles. The molecular weight excluding hydrogens is 348 g/mol. The second-order valence-electron chi connectivity index (χ2n) is 6.30. The van der Waals surface area contributed by atoms with Crippen LogP contribution in [0.5, 0.6) is 5.75 Å². The first kappa shape index (κ1) is 16.8. The molecule has 2 aromatic heterocycles. The smallest absolute Gasteiger partial charge is 0.293 e. The van der Waals surface area contributed by atoms with Gasteiger partial charge in [0.25, 0.3) is 5.91 Å². The van der Waals surface area contributed by atoms with Gasteiger partial charge in [0.1, 0.15) is 11.6 Å². The molecule has 7 heteroatoms. The zero-order valence-electron chi connectivity index (χ0n) is 14.8. The van der Waals surface area contributed by atoms with Crippen molar-refractivity contribution in [2.24, 2.45) is 0 Å². The highest BCUT2D eigenvalue weighted by molar-refractivity contribution is 7.11. The van der Waals surface area contributed by atoms with Crippen LogP contribution in [0.4, 0.5) is 11.5 Å². The van der Waals surface area contributed by atoms with E-state index in [1.165, 1.54) is 4.88 Å². The quantitative estimate of drug-likeness (QED) is 0.757. The van der Waals surface area contributed by atoms with Crippen molar-refractivity contribution in [2.45, 2.75) is 19.8 Å². The van der Waals surface area contributed by atoms with Crippen LogP contribution in [0, 0.1) is 6.92 Å². The van der Waals surface area contributed by atoms with Gasteiger partial charge in [-0.2, -0.15) is 0 Å². The molecule has 134 valence electrons. The minimum absolute atomic E-state index is 0.194. The van der Waals surface area contributed by atoms with Crippen LogP contribution in [0.15, 0.2) is 29.6 Å². The van der Waals surface area contributed by atoms with Gasteiger partial charge < -0.3 is 15.0 Å². The lowest BCUT2D eigenvalue weighted by Crippen LogP contribution is -2.23. The Morgan fingerprint density at radius 1 is 1.27 bits per heavy atom. The number of carbonyl (C=O) groups is 1. The van der Waals surface area contributed by atoms with Gasteiger partial charge in [-0.25, -0.2) is 9.97 Å². The van der Waals surface area contributed by atoms with Crippen LogP contribution >= 0.6 is 11.3 Å². The van der Waals surface area contributed by atoms with E-state index in [1.807, 2.05) is 23.6 Å². The van der Waals surface area contributed by atoms with Crippen LogP contribution in [-0.4, -0.2) is 36.1 Å². The average Bonchev–Trinajstić information content (AvgIpc) is 3.31. The van der Waals surface area contributed by atoms with Crippen molar-refractivity contribution in [3.8, 4) is 5.75 Å². The maximum Gasteiger partial charge on any atom is 0.293 e. The van der Waals surface area contributed by atoms with Gasteiger partial charge in [0.15, 0.2) is 0 Å². The highest BCUT2D eigenvalue weighted by Crippen LogP contribution is 2.33. The van der Waals surface area contributed by atoms with Crippen LogP contribution in [-0.2, 0) is 0 Å². The van der Waals surface area contributed by atoms with Crippen LogP contribution in [0.3, 0.4) is 0 Å². The van der Waals surface area contributed by atoms with E-state index in [1.54, 1.807) is 24.5 Å². The molecule has 0 unspecified atom stereocenters. The molecule has 6 nitrogen and oxygen atoms in total. The summed E-state index contributed by atoms with van der Waals surface area (Å²) in [6.45, 7) is 4.02. The molecule has 0 saturated carbocycles. The first-order valence-corrected chi connectivity index (χ1v) is 9.50. The molecule has 1 N–H and O–H groups in total. The van der Waals surface area contributed by atoms with E-state index in [4.69, 9.17) is 4.74 Å². The van der Waals surface area contributed by atoms with Crippen molar-refractivity contribution in [3.05, 3.63) is 40.3 Å². The van der Waals surface area contributed by atoms with Gasteiger partial charge >= 0.3 is 0 Å². The molecule has 0 radical (unpaired) electrons. The maximum absolute atomic E-state index is 12.7. The monoisotopic (exact) mass is 368 g/mol. The van der Waals surface area contributed by atoms with Crippen LogP contribution in [0.1, 0.15) is 28.3 Å². The van der Waals surface area contributed by atoms with Gasteiger partial charge in [-0.05, 0) is 31.9 Å². The molecule has 3 heterocycles. The minimum atomic E-state index is -0.315. The molecule has 0 atom stereocenters. The molecule has 1 aliphatic rings. The lowest BCUT2D eigenvalue weighted by Gasteiger charge is -2.18. The zero-order chi connectivity index (χ0) is 18.1. The van der Waals surface area contributed by atoms with Crippen molar-refractivity contribution < 1.29 is 9.53 Å². The number of aromatic nitrogens is 2. The molecule has 1 fully saturated rings. The van der Waals surface area contributed by atoms with E-state index in [2.05, 4.69) is 27.1 Å². The molecule has 0 aliphatic carbocycles. The molecule has 26 heavy (non-hydrogen) atoms. The fourth-order valence-corrected chi connectivity index (χ4v) is 4.01. The summed E-state index contributed by atoms with van der Waals surface area (Å²) in [6.07, 6.45) is 2.31. The highest BCUT2D eigenvalue weighted by Gasteiger charge is 2.22. The number of rotatable bonds is 4. The van der Waals surface area contributed by atoms with Crippen molar-refractivity contribution in [1.29, 1.82) is 0 Å². The Morgan fingerprint density at radius 2 is 2.08 bits per heavy atom. The summed E-state index contributed by atoms with van der Waals surface area (Å²) < 4.78 is 5.20. The Labute approximate surface area is 155 Å². The number of carbonyl (C=O) groups excluding carboxylic acids is 1. The van der Waals surface area contributed by atoms with Gasteiger partial charge in [-0.3, -0.25) is 4.79 Å². The third kappa shape index (κ3) is 3.10. The van der Waals surface area contributed by atoms with Gasteiger partial charge in [-0.1, -0.05) is 6.07 Å². The number of hydrogen-bond acceptors (Lipinski definition) is 6. The largest absolute Gasteiger partial charge is 0.497 e. The Bertz CT molecular complexity index is 963. The second-order valence-corrected chi connectivity index (χ2v) is 7.39. The Balaban J connectivity index is 1.70. The molecule has 1 saturated heterocycles. The summed E-state index contributed by atoms with van der Waals surface area (Å²) in [6, 6.07) is 7.25. The molecular formula is C19H20N4O2S. The fraction of sp³-hybridized carbons (Fsp3) is 0.316. The lowest BCUT2D eigenvalue weighted by molar-refractivity contribution is 0.101. The van der Waals surface area contributed by atoms with E-state index in [0.717, 1.165) is 42.7 Å². The van der Waals surface area contributed by atoms with Crippen molar-refractivity contribution in [2.75, 3.05) is 30.4 Å². The predicted octanol–water partition coefficient (Wildman–Crippen LogP) is 3.86. The van der Waals surface area contributed by atoms with Crippen LogP contribution < -0.4 is 15.0 Å². The van der Waals surface area contributed by atoms with Gasteiger partial charge in [-0.15, -0.1) is 11.3 Å². The zero-order valence-corrected chi connectivity index (χ0v) is 15.6. The second kappa shape index (κ2) is 6.92. The normalized spacial score (nSPS) is 14.0. The lowest BCUT2D eigenvalue weighted by atomic mass is 10.2. The van der Waals surface area contributed by atoms with Crippen LogP contribution in [0.25, 0.3) is 10.9 Å². The van der Waals surface area contributed by atoms with Gasteiger partial charge in [0.2, 0.25) is 5.82 Å². The summed E-state index contributed by atoms with van der Waals surface area (Å²) in [5.74, 6) is 1.44. The summed E-state index contributed by atoms with van der Waals surface area (Å²) in [7, 11) is 1.60. The first-order chi connectivity index (χ1) is 12.7. The summed E-state index contributed by atoms with van der Waals surface area (Å²) in [5.41, 5.74) is 1.49. The Kier molecular flexibility index (Phi) is 4.46. The van der Waals surface area contributed by atoms with E-state index >= 15 is 0 Å². The molecule has 1 amide bonds. The molecule has 3 aromatic rings. The number of anilines is 2. The fourth-order valence-electron chi connectivity index (χ4n) is 3.24. The van der Waals surface area contributed by atoms with Crippen LogP contribution in [0.2, 0.25) is 0 Å². The van der Waals surface area contributed by atoms with E-state index in [0.29, 0.717) is 11.4 Å². The van der Waals surface area contributed by atoms with E-state index in [-0.39, 0.29) is 11.7 Å². The first-order valence-electron chi connectivity index (χ1n) is 8.62. The number of nitrogens with one attached hydrogen (secondary N) is 1. The SMILES string of the molecule is COc1cccc(NC(=O)c2nc(N3CCCC3)c3c(C)scc3n2)c1. The Morgan fingerprint density at radius 3 is 2.85 bits per heavy atom. The van der Waals surface area contributed by atoms with Crippen molar-refractivity contribution in [3.63, 3.8) is 0 Å². The number of hydrogen-bond donors (Lipinski definition) is 1.